The van der Waals surface area contributed by atoms with E-state index in [9.17, 15) is 5.41 Å². The molecule has 0 aliphatic rings. The van der Waals surface area contributed by atoms with E-state index in [1.807, 2.05) is 0 Å². The van der Waals surface area contributed by atoms with Crippen LogP contribution in [0.4, 0.5) is 0 Å². The monoisotopic (exact) mass is 185 g/mol. The average Bonchev–Trinajstić information content (AvgIpc) is 2.07. The summed E-state index contributed by atoms with van der Waals surface area (Å²) in [5, 5.41) is 9.20. The van der Waals surface area contributed by atoms with Crippen molar-refractivity contribution in [2.45, 2.75) is 6.92 Å². The number of pyridine rings is 1. The molecule has 0 amide bonds. The van der Waals surface area contributed by atoms with E-state index in [1.165, 1.54) is 6.21 Å². The molecule has 56 valence electrons. The molecule has 0 fully saturated rings. The SMILES string of the molecule is CC=NC(=[N-])c1cccnc1.[K+]. The molecule has 1 aromatic rings. The Kier molecular flexibility index (Phi) is 6.69. The topological polar surface area (TPSA) is 47.5 Å². The van der Waals surface area contributed by atoms with Crippen molar-refractivity contribution >= 4 is 12.1 Å². The molecule has 0 unspecified atom stereocenters. The first-order valence-corrected chi connectivity index (χ1v) is 3.29. The van der Waals surface area contributed by atoms with Crippen LogP contribution in [0.3, 0.4) is 0 Å². The molecule has 0 N–H and O–H groups in total. The van der Waals surface area contributed by atoms with E-state index in [2.05, 4.69) is 9.98 Å². The zero-order valence-electron chi connectivity index (χ0n) is 7.23. The molecule has 0 radical (unpaired) electrons. The van der Waals surface area contributed by atoms with Crippen LogP contribution in [0, 0.1) is 0 Å². The van der Waals surface area contributed by atoms with Crippen LogP contribution in [0.25, 0.3) is 5.41 Å². The van der Waals surface area contributed by atoms with Crippen LogP contribution >= 0.6 is 0 Å². The first-order chi connectivity index (χ1) is 5.34. The predicted octanol–water partition coefficient (Wildman–Crippen LogP) is -1.51. The van der Waals surface area contributed by atoms with Crippen LogP contribution < -0.4 is 51.4 Å². The first kappa shape index (κ1) is 12.1. The summed E-state index contributed by atoms with van der Waals surface area (Å²) in [6.07, 6.45) is 4.73. The maximum atomic E-state index is 9.20. The van der Waals surface area contributed by atoms with Crippen molar-refractivity contribution in [1.29, 1.82) is 0 Å². The third-order valence-electron chi connectivity index (χ3n) is 1.17. The molecule has 12 heavy (non-hydrogen) atoms. The summed E-state index contributed by atoms with van der Waals surface area (Å²) in [4.78, 5) is 7.54. The van der Waals surface area contributed by atoms with Crippen LogP contribution in [-0.4, -0.2) is 17.0 Å². The second kappa shape index (κ2) is 6.62. The van der Waals surface area contributed by atoms with Gasteiger partial charge in [-0.15, -0.1) is 6.21 Å². The molecule has 1 aromatic heterocycles. The van der Waals surface area contributed by atoms with Crippen molar-refractivity contribution in [3.8, 4) is 0 Å². The quantitative estimate of drug-likeness (QED) is 0.298. The van der Waals surface area contributed by atoms with Gasteiger partial charge < -0.3 is 10.4 Å². The molecule has 0 spiro atoms. The van der Waals surface area contributed by atoms with Crippen LogP contribution in [0.1, 0.15) is 12.5 Å². The third-order valence-corrected chi connectivity index (χ3v) is 1.17. The van der Waals surface area contributed by atoms with Gasteiger partial charge >= 0.3 is 51.4 Å². The largest absolute Gasteiger partial charge is 1.00 e. The Hall–Kier alpha value is 0.126. The summed E-state index contributed by atoms with van der Waals surface area (Å²) < 4.78 is 0. The fourth-order valence-corrected chi connectivity index (χ4v) is 0.692. The summed E-state index contributed by atoms with van der Waals surface area (Å²) in [5.41, 5.74) is 0.630. The van der Waals surface area contributed by atoms with Crippen LogP contribution in [-0.2, 0) is 0 Å². The van der Waals surface area contributed by atoms with Crippen LogP contribution in [0.15, 0.2) is 29.5 Å². The standard InChI is InChI=1S/C8H8N3.K/c1-2-11-8(9)7-4-3-5-10-6-7;/h2-6H,1H3;/q-1;+1. The molecule has 0 atom stereocenters. The summed E-state index contributed by atoms with van der Waals surface area (Å²) in [6.45, 7) is 1.74. The number of aliphatic imine (C=N–C) groups is 1. The minimum absolute atomic E-state index is 0. The van der Waals surface area contributed by atoms with Gasteiger partial charge in [-0.05, 0) is 11.6 Å². The Balaban J connectivity index is 0.00000121. The smallest absolute Gasteiger partial charge is 0.464 e. The Labute approximate surface area is 114 Å². The van der Waals surface area contributed by atoms with E-state index in [0.717, 1.165) is 0 Å². The zero-order chi connectivity index (χ0) is 8.10. The molecule has 0 aromatic carbocycles. The van der Waals surface area contributed by atoms with E-state index in [4.69, 9.17) is 0 Å². The van der Waals surface area contributed by atoms with Crippen molar-refractivity contribution in [1.82, 2.24) is 4.98 Å². The van der Waals surface area contributed by atoms with Crippen molar-refractivity contribution < 1.29 is 51.4 Å². The average molecular weight is 185 g/mol. The van der Waals surface area contributed by atoms with Gasteiger partial charge in [0.05, 0.1) is 0 Å². The minimum atomic E-state index is 0. The van der Waals surface area contributed by atoms with Gasteiger partial charge in [-0.25, -0.2) is 0 Å². The van der Waals surface area contributed by atoms with Gasteiger partial charge in [0.1, 0.15) is 0 Å². The van der Waals surface area contributed by atoms with Gasteiger partial charge in [-0.1, -0.05) is 18.8 Å². The molecule has 4 heteroatoms. The van der Waals surface area contributed by atoms with E-state index < -0.39 is 0 Å². The molecular weight excluding hydrogens is 177 g/mol. The van der Waals surface area contributed by atoms with E-state index in [-0.39, 0.29) is 57.2 Å². The van der Waals surface area contributed by atoms with Gasteiger partial charge in [0.2, 0.25) is 0 Å². The Morgan fingerprint density at radius 1 is 1.67 bits per heavy atom. The predicted molar refractivity (Wildman–Crippen MR) is 45.9 cm³/mol. The Morgan fingerprint density at radius 2 is 2.42 bits per heavy atom. The zero-order valence-corrected chi connectivity index (χ0v) is 10.4. The summed E-state index contributed by atoms with van der Waals surface area (Å²) >= 11 is 0. The molecule has 3 nitrogen and oxygen atoms in total. The van der Waals surface area contributed by atoms with Gasteiger partial charge in [-0.3, -0.25) is 4.98 Å². The Bertz CT molecular complexity index is 269. The fourth-order valence-electron chi connectivity index (χ4n) is 0.692. The molecule has 0 saturated carbocycles. The van der Waals surface area contributed by atoms with E-state index in [0.29, 0.717) is 5.56 Å². The minimum Gasteiger partial charge on any atom is -0.464 e. The van der Waals surface area contributed by atoms with E-state index in [1.54, 1.807) is 31.5 Å². The molecular formula is C8H8KN3. The number of rotatable bonds is 1. The molecule has 1 rings (SSSR count). The van der Waals surface area contributed by atoms with Crippen molar-refractivity contribution in [3.05, 3.63) is 35.5 Å². The van der Waals surface area contributed by atoms with Gasteiger partial charge in [0.25, 0.3) is 0 Å². The summed E-state index contributed by atoms with van der Waals surface area (Å²) in [6, 6.07) is 3.49. The molecule has 0 aliphatic heterocycles. The van der Waals surface area contributed by atoms with Crippen LogP contribution in [0.5, 0.6) is 0 Å². The van der Waals surface area contributed by atoms with Crippen LogP contribution in [0.2, 0.25) is 0 Å². The molecule has 0 bridgehead atoms. The third kappa shape index (κ3) is 3.69. The number of hydrogen-bond acceptors (Lipinski definition) is 1. The number of amidine groups is 1. The second-order valence-corrected chi connectivity index (χ2v) is 1.95. The first-order valence-electron chi connectivity index (χ1n) is 3.29. The maximum absolute atomic E-state index is 9.20. The molecule has 0 aliphatic carbocycles. The Morgan fingerprint density at radius 3 is 2.92 bits per heavy atom. The van der Waals surface area contributed by atoms with E-state index >= 15 is 0 Å². The van der Waals surface area contributed by atoms with Gasteiger partial charge in [0.15, 0.2) is 0 Å². The number of aromatic nitrogens is 1. The number of nitrogens with zero attached hydrogens (tertiary/aromatic N) is 3. The van der Waals surface area contributed by atoms with Crippen molar-refractivity contribution in [3.63, 3.8) is 0 Å². The molecule has 1 heterocycles. The maximum Gasteiger partial charge on any atom is 1.00 e. The van der Waals surface area contributed by atoms with Crippen molar-refractivity contribution in [2.75, 3.05) is 0 Å². The normalized spacial score (nSPS) is 9.42. The van der Waals surface area contributed by atoms with Crippen molar-refractivity contribution in [2.24, 2.45) is 4.99 Å². The fraction of sp³-hybridized carbons (Fsp3) is 0.125. The summed E-state index contributed by atoms with van der Waals surface area (Å²) in [7, 11) is 0. The van der Waals surface area contributed by atoms with Gasteiger partial charge in [-0.2, -0.15) is 0 Å². The summed E-state index contributed by atoms with van der Waals surface area (Å²) in [5.74, 6) is 0.000556. The molecule has 0 saturated heterocycles. The van der Waals surface area contributed by atoms with Gasteiger partial charge in [0, 0.05) is 12.4 Å². The number of hydrogen-bond donors (Lipinski definition) is 0. The second-order valence-electron chi connectivity index (χ2n) is 1.95.